The van der Waals surface area contributed by atoms with E-state index < -0.39 is 0 Å². The Hall–Kier alpha value is -2.97. The lowest BCUT2D eigenvalue weighted by Crippen LogP contribution is -2.44. The third kappa shape index (κ3) is 4.20. The van der Waals surface area contributed by atoms with Gasteiger partial charge in [-0.3, -0.25) is 4.79 Å². The van der Waals surface area contributed by atoms with Crippen LogP contribution in [0.15, 0.2) is 41.5 Å². The quantitative estimate of drug-likeness (QED) is 0.654. The van der Waals surface area contributed by atoms with Crippen LogP contribution in [0.2, 0.25) is 0 Å². The zero-order valence-electron chi connectivity index (χ0n) is 19.6. The molecule has 0 radical (unpaired) electrons. The maximum absolute atomic E-state index is 13.0. The number of piperazine rings is 1. The van der Waals surface area contributed by atoms with Gasteiger partial charge in [0, 0.05) is 63.5 Å². The number of aryl methyl sites for hydroxylation is 1. The highest BCUT2D eigenvalue weighted by atomic mass is 16.3. The second kappa shape index (κ2) is 8.76. The third-order valence-electron chi connectivity index (χ3n) is 7.12. The van der Waals surface area contributed by atoms with Crippen LogP contribution in [-0.4, -0.2) is 77.0 Å². The summed E-state index contributed by atoms with van der Waals surface area (Å²) in [5, 5.41) is 10.6. The van der Waals surface area contributed by atoms with Crippen molar-refractivity contribution >= 4 is 22.4 Å². The van der Waals surface area contributed by atoms with E-state index in [4.69, 9.17) is 4.98 Å². The number of hydrogen-bond donors (Lipinski definition) is 1. The highest BCUT2D eigenvalue weighted by molar-refractivity contribution is 5.92. The molecule has 1 N–H and O–H groups in total. The smallest absolute Gasteiger partial charge is 0.264 e. The van der Waals surface area contributed by atoms with Crippen molar-refractivity contribution in [1.82, 2.24) is 19.4 Å². The first-order valence-corrected chi connectivity index (χ1v) is 11.7. The Morgan fingerprint density at radius 3 is 2.42 bits per heavy atom. The van der Waals surface area contributed by atoms with E-state index in [9.17, 15) is 9.90 Å². The third-order valence-corrected chi connectivity index (χ3v) is 7.12. The second-order valence-corrected chi connectivity index (χ2v) is 9.46. The van der Waals surface area contributed by atoms with Gasteiger partial charge < -0.3 is 24.4 Å². The normalized spacial score (nSPS) is 20.5. The molecule has 4 heterocycles. The molecule has 2 aliphatic heterocycles. The fourth-order valence-electron chi connectivity index (χ4n) is 4.86. The Labute approximate surface area is 194 Å². The predicted octanol–water partition coefficient (Wildman–Crippen LogP) is 1.95. The molecule has 3 aromatic rings. The summed E-state index contributed by atoms with van der Waals surface area (Å²) < 4.78 is 1.50. The summed E-state index contributed by atoms with van der Waals surface area (Å²) in [6.07, 6.45) is 2.07. The first-order chi connectivity index (χ1) is 15.9. The minimum atomic E-state index is -0.382. The second-order valence-electron chi connectivity index (χ2n) is 9.46. The van der Waals surface area contributed by atoms with E-state index >= 15 is 0 Å². The fourth-order valence-corrected chi connectivity index (χ4v) is 4.86. The van der Waals surface area contributed by atoms with E-state index in [1.54, 1.807) is 13.4 Å². The van der Waals surface area contributed by atoms with Crippen molar-refractivity contribution in [3.8, 4) is 11.3 Å². The van der Waals surface area contributed by atoms with Crippen LogP contribution >= 0.6 is 0 Å². The zero-order chi connectivity index (χ0) is 23.1. The number of aliphatic hydroxyl groups excluding tert-OH is 1. The molecule has 2 atom stereocenters. The van der Waals surface area contributed by atoms with Crippen molar-refractivity contribution in [2.24, 2.45) is 13.0 Å². The molecule has 0 amide bonds. The van der Waals surface area contributed by atoms with Gasteiger partial charge in [-0.25, -0.2) is 9.97 Å². The van der Waals surface area contributed by atoms with Gasteiger partial charge in [0.2, 0.25) is 0 Å². The molecule has 2 aliphatic rings. The van der Waals surface area contributed by atoms with E-state index in [1.807, 2.05) is 13.0 Å². The molecule has 174 valence electrons. The van der Waals surface area contributed by atoms with Crippen LogP contribution in [0, 0.1) is 5.92 Å². The summed E-state index contributed by atoms with van der Waals surface area (Å²) in [6, 6.07) is 10.4. The number of hydrogen-bond acceptors (Lipinski definition) is 7. The number of nitrogens with zero attached hydrogens (tertiary/aromatic N) is 6. The van der Waals surface area contributed by atoms with E-state index in [1.165, 1.54) is 10.3 Å². The minimum absolute atomic E-state index is 0.0973. The van der Waals surface area contributed by atoms with Crippen LogP contribution in [0.5, 0.6) is 0 Å². The molecular formula is C25H32N6O2. The van der Waals surface area contributed by atoms with Gasteiger partial charge in [0.15, 0.2) is 0 Å². The summed E-state index contributed by atoms with van der Waals surface area (Å²) in [6.45, 7) is 7.48. The molecule has 2 saturated heterocycles. The van der Waals surface area contributed by atoms with Crippen molar-refractivity contribution in [1.29, 1.82) is 0 Å². The summed E-state index contributed by atoms with van der Waals surface area (Å²) in [7, 11) is 3.88. The van der Waals surface area contributed by atoms with E-state index in [2.05, 4.69) is 51.0 Å². The van der Waals surface area contributed by atoms with Crippen LogP contribution < -0.4 is 15.4 Å². The van der Waals surface area contributed by atoms with Gasteiger partial charge in [-0.2, -0.15) is 0 Å². The van der Waals surface area contributed by atoms with Crippen molar-refractivity contribution in [3.63, 3.8) is 0 Å². The maximum atomic E-state index is 13.0. The number of anilines is 2. The van der Waals surface area contributed by atoms with Crippen LogP contribution in [0.3, 0.4) is 0 Å². The number of likely N-dealkylation sites (N-methyl/N-ethyl adjacent to an activating group) is 1. The molecule has 33 heavy (non-hydrogen) atoms. The highest BCUT2D eigenvalue weighted by Crippen LogP contribution is 2.32. The van der Waals surface area contributed by atoms with Crippen molar-refractivity contribution in [2.45, 2.75) is 19.4 Å². The maximum Gasteiger partial charge on any atom is 0.264 e. The number of aromatic nitrogens is 3. The summed E-state index contributed by atoms with van der Waals surface area (Å²) in [5.74, 6) is 0.844. The molecule has 1 aromatic carbocycles. The van der Waals surface area contributed by atoms with Crippen LogP contribution in [-0.2, 0) is 7.05 Å². The van der Waals surface area contributed by atoms with Gasteiger partial charge in [-0.15, -0.1) is 0 Å². The number of rotatable bonds is 4. The first-order valence-electron chi connectivity index (χ1n) is 11.7. The molecule has 0 saturated carbocycles. The molecule has 2 aromatic heterocycles. The van der Waals surface area contributed by atoms with Crippen molar-refractivity contribution in [2.75, 3.05) is 56.1 Å². The Morgan fingerprint density at radius 1 is 1.03 bits per heavy atom. The molecule has 0 spiro atoms. The number of fused-ring (bicyclic) bond motifs is 1. The molecule has 8 heteroatoms. The van der Waals surface area contributed by atoms with E-state index in [0.29, 0.717) is 23.3 Å². The molecule has 0 unspecified atom stereocenters. The van der Waals surface area contributed by atoms with Crippen LogP contribution in [0.1, 0.15) is 13.3 Å². The SMILES string of the molecule is C[C@@H](O)[C@@H]1CCN(c2nc(-c3ccc(N4CCN(C)CC4)cc3)cc3ncn(C)c(=O)c23)C1. The molecule has 2 fully saturated rings. The molecule has 0 bridgehead atoms. The molecule has 5 rings (SSSR count). The highest BCUT2D eigenvalue weighted by Gasteiger charge is 2.29. The summed E-state index contributed by atoms with van der Waals surface area (Å²) in [5.41, 5.74) is 3.59. The number of pyridine rings is 1. The minimum Gasteiger partial charge on any atom is -0.393 e. The van der Waals surface area contributed by atoms with Gasteiger partial charge in [-0.05, 0) is 38.6 Å². The zero-order valence-corrected chi connectivity index (χ0v) is 19.6. The predicted molar refractivity (Wildman–Crippen MR) is 132 cm³/mol. The van der Waals surface area contributed by atoms with Gasteiger partial charge in [0.05, 0.1) is 23.6 Å². The molecule has 0 aliphatic carbocycles. The lowest BCUT2D eigenvalue weighted by atomic mass is 10.0. The molecule has 8 nitrogen and oxygen atoms in total. The fraction of sp³-hybridized carbons (Fsp3) is 0.480. The van der Waals surface area contributed by atoms with Gasteiger partial charge in [-0.1, -0.05) is 12.1 Å². The number of aliphatic hydroxyl groups is 1. The van der Waals surface area contributed by atoms with Crippen LogP contribution in [0.25, 0.3) is 22.2 Å². The number of benzene rings is 1. The largest absolute Gasteiger partial charge is 0.393 e. The average Bonchev–Trinajstić information content (AvgIpc) is 3.32. The monoisotopic (exact) mass is 448 g/mol. The van der Waals surface area contributed by atoms with E-state index in [-0.39, 0.29) is 17.6 Å². The molecular weight excluding hydrogens is 416 g/mol. The Balaban J connectivity index is 1.53. The standard InChI is InChI=1S/C25H32N6O2/c1-17(32)19-8-9-31(15-19)24-23-22(26-16-29(3)25(23)33)14-21(27-24)18-4-6-20(7-5-18)30-12-10-28(2)11-13-30/h4-7,14,16-17,19,32H,8-13,15H2,1-3H3/t17-,19-/m1/s1. The van der Waals surface area contributed by atoms with Crippen LogP contribution in [0.4, 0.5) is 11.5 Å². The van der Waals surface area contributed by atoms with Gasteiger partial charge in [0.1, 0.15) is 11.2 Å². The van der Waals surface area contributed by atoms with Gasteiger partial charge >= 0.3 is 0 Å². The van der Waals surface area contributed by atoms with Crippen molar-refractivity contribution < 1.29 is 5.11 Å². The topological polar surface area (TPSA) is 77.7 Å². The average molecular weight is 449 g/mol. The van der Waals surface area contributed by atoms with Crippen molar-refractivity contribution in [3.05, 3.63) is 47.0 Å². The Bertz CT molecular complexity index is 1200. The van der Waals surface area contributed by atoms with E-state index in [0.717, 1.165) is 50.4 Å². The Kier molecular flexibility index (Phi) is 5.80. The lowest BCUT2D eigenvalue weighted by molar-refractivity contribution is 0.136. The summed E-state index contributed by atoms with van der Waals surface area (Å²) >= 11 is 0. The van der Waals surface area contributed by atoms with Gasteiger partial charge in [0.25, 0.3) is 5.56 Å². The Morgan fingerprint density at radius 2 is 1.76 bits per heavy atom. The lowest BCUT2D eigenvalue weighted by Gasteiger charge is -2.34. The summed E-state index contributed by atoms with van der Waals surface area (Å²) in [4.78, 5) is 29.4. The first kappa shape index (κ1) is 21.9.